The molecule has 1 fully saturated rings. The molecule has 0 aliphatic heterocycles. The number of primary amides is 1. The lowest BCUT2D eigenvalue weighted by Crippen LogP contribution is -2.20. The first-order chi connectivity index (χ1) is 15.1. The Balaban J connectivity index is 1.31. The summed E-state index contributed by atoms with van der Waals surface area (Å²) < 4.78 is 0. The van der Waals surface area contributed by atoms with Gasteiger partial charge in [0.2, 0.25) is 11.0 Å². The Morgan fingerprint density at radius 1 is 1.06 bits per heavy atom. The number of benzene rings is 2. The smallest absolute Gasteiger partial charge is 0.217 e. The van der Waals surface area contributed by atoms with Gasteiger partial charge in [-0.25, -0.2) is 0 Å². The molecular formula is C24H28N4O2S. The largest absolute Gasteiger partial charge is 0.370 e. The topological polar surface area (TPSA) is 101 Å². The molecular weight excluding hydrogens is 408 g/mol. The molecule has 0 spiro atoms. The highest BCUT2D eigenvalue weighted by Gasteiger charge is 2.23. The molecule has 0 saturated heterocycles. The van der Waals surface area contributed by atoms with Crippen LogP contribution in [0.3, 0.4) is 0 Å². The Hall–Kier alpha value is -2.77. The van der Waals surface area contributed by atoms with Crippen LogP contribution in [0.5, 0.6) is 0 Å². The molecule has 0 radical (unpaired) electrons. The molecule has 1 saturated carbocycles. The third-order valence-electron chi connectivity index (χ3n) is 5.99. The summed E-state index contributed by atoms with van der Waals surface area (Å²) in [7, 11) is 0. The number of aliphatic hydroxyl groups excluding tert-OH is 1. The van der Waals surface area contributed by atoms with E-state index in [1.165, 1.54) is 22.5 Å². The molecule has 1 amide bonds. The van der Waals surface area contributed by atoms with Gasteiger partial charge in [-0.1, -0.05) is 65.9 Å². The van der Waals surface area contributed by atoms with Gasteiger partial charge in [-0.3, -0.25) is 4.79 Å². The second-order valence-corrected chi connectivity index (χ2v) is 9.33. The minimum Gasteiger partial charge on any atom is -0.370 e. The Kier molecular flexibility index (Phi) is 6.94. The molecule has 2 aromatic carbocycles. The number of nitrogens with two attached hydrogens (primary N) is 1. The molecule has 4 rings (SSSR count). The van der Waals surface area contributed by atoms with E-state index in [1.807, 2.05) is 30.3 Å². The average molecular weight is 437 g/mol. The highest BCUT2D eigenvalue weighted by atomic mass is 32.1. The number of rotatable bonds is 8. The number of carbonyl (C=O) groups excluding carboxylic acids is 1. The molecule has 1 aliphatic carbocycles. The fraction of sp³-hybridized carbons (Fsp3) is 0.375. The molecule has 6 nitrogen and oxygen atoms in total. The van der Waals surface area contributed by atoms with Crippen molar-refractivity contribution in [2.45, 2.75) is 50.7 Å². The molecule has 162 valence electrons. The van der Waals surface area contributed by atoms with Crippen molar-refractivity contribution in [1.82, 2.24) is 10.2 Å². The van der Waals surface area contributed by atoms with E-state index >= 15 is 0 Å². The van der Waals surface area contributed by atoms with Gasteiger partial charge in [-0.05, 0) is 48.6 Å². The molecule has 7 heteroatoms. The van der Waals surface area contributed by atoms with Crippen LogP contribution in [-0.4, -0.2) is 21.2 Å². The van der Waals surface area contributed by atoms with Crippen molar-refractivity contribution in [1.29, 1.82) is 0 Å². The monoisotopic (exact) mass is 436 g/mol. The molecule has 1 atom stereocenters. The third-order valence-corrected chi connectivity index (χ3v) is 6.84. The maximum atomic E-state index is 11.1. The molecule has 1 heterocycles. The fourth-order valence-corrected chi connectivity index (χ4v) is 5.08. The van der Waals surface area contributed by atoms with Gasteiger partial charge in [0.1, 0.15) is 5.01 Å². The van der Waals surface area contributed by atoms with Crippen molar-refractivity contribution in [2.75, 3.05) is 5.32 Å². The first-order valence-electron chi connectivity index (χ1n) is 10.8. The van der Waals surface area contributed by atoms with Crippen LogP contribution in [0.2, 0.25) is 0 Å². The van der Waals surface area contributed by atoms with Gasteiger partial charge in [0, 0.05) is 18.4 Å². The van der Waals surface area contributed by atoms with E-state index in [0.29, 0.717) is 23.4 Å². The summed E-state index contributed by atoms with van der Waals surface area (Å²) in [6.07, 6.45) is 4.64. The molecule has 1 unspecified atom stereocenters. The quantitative estimate of drug-likeness (QED) is 0.455. The van der Waals surface area contributed by atoms with Gasteiger partial charge < -0.3 is 16.2 Å². The lowest BCUT2D eigenvalue weighted by molar-refractivity contribution is -0.119. The third kappa shape index (κ3) is 5.89. The number of amides is 1. The molecule has 1 aliphatic rings. The van der Waals surface area contributed by atoms with Crippen LogP contribution in [0.25, 0.3) is 0 Å². The number of nitrogens with one attached hydrogen (secondary N) is 1. The predicted molar refractivity (Wildman–Crippen MR) is 123 cm³/mol. The van der Waals surface area contributed by atoms with E-state index in [-0.39, 0.29) is 5.91 Å². The van der Waals surface area contributed by atoms with Gasteiger partial charge in [-0.2, -0.15) is 0 Å². The summed E-state index contributed by atoms with van der Waals surface area (Å²) in [6, 6.07) is 18.3. The maximum absolute atomic E-state index is 11.1. The molecule has 0 bridgehead atoms. The van der Waals surface area contributed by atoms with Gasteiger partial charge >= 0.3 is 0 Å². The van der Waals surface area contributed by atoms with E-state index in [1.54, 1.807) is 0 Å². The van der Waals surface area contributed by atoms with E-state index in [0.717, 1.165) is 42.7 Å². The Morgan fingerprint density at radius 2 is 1.77 bits per heavy atom. The van der Waals surface area contributed by atoms with Crippen LogP contribution in [-0.2, 0) is 11.2 Å². The van der Waals surface area contributed by atoms with Crippen LogP contribution < -0.4 is 11.1 Å². The summed E-state index contributed by atoms with van der Waals surface area (Å²) in [5.41, 5.74) is 8.60. The number of aliphatic hydroxyl groups is 1. The number of carbonyl (C=O) groups is 1. The highest BCUT2D eigenvalue weighted by molar-refractivity contribution is 7.15. The van der Waals surface area contributed by atoms with Gasteiger partial charge in [0.25, 0.3) is 0 Å². The summed E-state index contributed by atoms with van der Waals surface area (Å²) in [6.45, 7) is 0. The van der Waals surface area contributed by atoms with Crippen LogP contribution in [0.1, 0.15) is 65.9 Å². The summed E-state index contributed by atoms with van der Waals surface area (Å²) in [5.74, 6) is 0.738. The van der Waals surface area contributed by atoms with Crippen molar-refractivity contribution >= 4 is 22.4 Å². The van der Waals surface area contributed by atoms with Crippen molar-refractivity contribution < 1.29 is 9.90 Å². The van der Waals surface area contributed by atoms with Crippen LogP contribution in [0.4, 0.5) is 5.13 Å². The molecule has 1 aromatic heterocycles. The van der Waals surface area contributed by atoms with Crippen LogP contribution in [0.15, 0.2) is 54.6 Å². The Labute approximate surface area is 186 Å². The fourth-order valence-electron chi connectivity index (χ4n) is 4.29. The first-order valence-corrected chi connectivity index (χ1v) is 11.6. The number of hydrogen-bond acceptors (Lipinski definition) is 6. The number of nitrogens with zero attached hydrogens (tertiary/aromatic N) is 2. The van der Waals surface area contributed by atoms with Crippen molar-refractivity contribution in [2.24, 2.45) is 11.7 Å². The molecule has 4 N–H and O–H groups in total. The normalized spacial score (nSPS) is 19.6. The second kappa shape index (κ2) is 10.0. The van der Waals surface area contributed by atoms with Crippen molar-refractivity contribution in [3.05, 3.63) is 76.3 Å². The number of aromatic nitrogens is 2. The lowest BCUT2D eigenvalue weighted by atomic mass is 9.77. The number of anilines is 1. The highest BCUT2D eigenvalue weighted by Crippen LogP contribution is 2.37. The standard InChI is InChI=1S/C24H28N4O2S/c25-21(29)14-17-6-8-18(9-7-17)19-10-12-20(13-11-19)23(30)26-24-28-27-22(31-24)15-16-4-2-1-3-5-16/h1-5,10-13,17-18,23,30H,6-9,14-15H2,(H2,25,29)(H,26,28). The zero-order chi connectivity index (χ0) is 21.6. The Bertz CT molecular complexity index is 982. The van der Waals surface area contributed by atoms with E-state index < -0.39 is 6.23 Å². The van der Waals surface area contributed by atoms with E-state index in [9.17, 15) is 9.90 Å². The maximum Gasteiger partial charge on any atom is 0.217 e. The van der Waals surface area contributed by atoms with Gasteiger partial charge in [0.15, 0.2) is 6.23 Å². The zero-order valence-electron chi connectivity index (χ0n) is 17.4. The summed E-state index contributed by atoms with van der Waals surface area (Å²) in [5, 5.41) is 23.5. The lowest BCUT2D eigenvalue weighted by Gasteiger charge is -2.28. The second-order valence-electron chi connectivity index (χ2n) is 8.26. The van der Waals surface area contributed by atoms with Crippen molar-refractivity contribution in [3.63, 3.8) is 0 Å². The SMILES string of the molecule is NC(=O)CC1CCC(c2ccc(C(O)Nc3nnc(Cc4ccccc4)s3)cc2)CC1. The number of hydrogen-bond donors (Lipinski definition) is 3. The first kappa shape index (κ1) is 21.5. The van der Waals surface area contributed by atoms with Gasteiger partial charge in [0.05, 0.1) is 0 Å². The summed E-state index contributed by atoms with van der Waals surface area (Å²) in [4.78, 5) is 11.1. The zero-order valence-corrected chi connectivity index (χ0v) is 18.2. The summed E-state index contributed by atoms with van der Waals surface area (Å²) >= 11 is 1.45. The predicted octanol–water partition coefficient (Wildman–Crippen LogP) is 4.38. The van der Waals surface area contributed by atoms with E-state index in [2.05, 4.69) is 39.8 Å². The van der Waals surface area contributed by atoms with Crippen LogP contribution in [0, 0.1) is 5.92 Å². The Morgan fingerprint density at radius 3 is 2.45 bits per heavy atom. The molecule has 31 heavy (non-hydrogen) atoms. The average Bonchev–Trinajstić information content (AvgIpc) is 3.21. The van der Waals surface area contributed by atoms with Gasteiger partial charge in [-0.15, -0.1) is 10.2 Å². The minimum atomic E-state index is -0.835. The van der Waals surface area contributed by atoms with E-state index in [4.69, 9.17) is 5.73 Å². The minimum absolute atomic E-state index is 0.197. The molecule has 3 aromatic rings. The van der Waals surface area contributed by atoms with Crippen LogP contribution >= 0.6 is 11.3 Å². The van der Waals surface area contributed by atoms with Crippen molar-refractivity contribution in [3.8, 4) is 0 Å².